The van der Waals surface area contributed by atoms with Crippen LogP contribution in [0.3, 0.4) is 0 Å². The van der Waals surface area contributed by atoms with Crippen molar-refractivity contribution in [1.29, 1.82) is 0 Å². The normalized spacial score (nSPS) is 25.2. The minimum Gasteiger partial charge on any atom is -0.310 e. The molecule has 0 amide bonds. The first-order valence-corrected chi connectivity index (χ1v) is 7.33. The first-order valence-electron chi connectivity index (χ1n) is 7.33. The molecule has 1 aliphatic rings. The fraction of sp³-hybridized carbons (Fsp3) is 0.625. The summed E-state index contributed by atoms with van der Waals surface area (Å²) in [5.41, 5.74) is 1.45. The Hall–Kier alpha value is -0.930. The first kappa shape index (κ1) is 14.5. The van der Waals surface area contributed by atoms with Crippen molar-refractivity contribution in [3.05, 3.63) is 35.6 Å². The molecule has 2 nitrogen and oxygen atoms in total. The highest BCUT2D eigenvalue weighted by atomic mass is 19.1. The molecule has 0 aromatic heterocycles. The Morgan fingerprint density at radius 1 is 1.32 bits per heavy atom. The molecule has 1 N–H and O–H groups in total. The molecule has 1 aliphatic heterocycles. The molecule has 1 saturated heterocycles. The summed E-state index contributed by atoms with van der Waals surface area (Å²) in [6.45, 7) is 8.98. The van der Waals surface area contributed by atoms with Crippen molar-refractivity contribution in [3.8, 4) is 0 Å². The molecule has 1 atom stereocenters. The smallest absolute Gasteiger partial charge is 0.123 e. The highest BCUT2D eigenvalue weighted by Crippen LogP contribution is 2.15. The van der Waals surface area contributed by atoms with Gasteiger partial charge in [0, 0.05) is 18.6 Å². The van der Waals surface area contributed by atoms with Crippen LogP contribution >= 0.6 is 0 Å². The summed E-state index contributed by atoms with van der Waals surface area (Å²) in [5.74, 6) is -0.152. The molecule has 1 aromatic rings. The number of nitrogens with one attached hydrogen (secondary N) is 1. The van der Waals surface area contributed by atoms with Gasteiger partial charge in [-0.1, -0.05) is 19.1 Å². The minimum atomic E-state index is -0.152. The van der Waals surface area contributed by atoms with E-state index in [2.05, 4.69) is 24.1 Å². The quantitative estimate of drug-likeness (QED) is 0.899. The summed E-state index contributed by atoms with van der Waals surface area (Å²) in [6, 6.07) is 6.89. The molecule has 0 radical (unpaired) electrons. The van der Waals surface area contributed by atoms with Crippen molar-refractivity contribution in [2.75, 3.05) is 26.2 Å². The van der Waals surface area contributed by atoms with Gasteiger partial charge in [0.2, 0.25) is 0 Å². The van der Waals surface area contributed by atoms with Gasteiger partial charge in [0.05, 0.1) is 0 Å². The average molecular weight is 264 g/mol. The topological polar surface area (TPSA) is 15.3 Å². The van der Waals surface area contributed by atoms with Crippen molar-refractivity contribution in [3.63, 3.8) is 0 Å². The Balaban J connectivity index is 1.89. The van der Waals surface area contributed by atoms with Crippen molar-refractivity contribution in [2.45, 2.75) is 38.6 Å². The molecular formula is C16H25FN2. The third kappa shape index (κ3) is 4.29. The molecule has 0 aliphatic carbocycles. The Kier molecular flexibility index (Phi) is 4.94. The highest BCUT2D eigenvalue weighted by Gasteiger charge is 2.26. The van der Waals surface area contributed by atoms with Crippen LogP contribution < -0.4 is 5.32 Å². The largest absolute Gasteiger partial charge is 0.310 e. The van der Waals surface area contributed by atoms with E-state index >= 15 is 0 Å². The van der Waals surface area contributed by atoms with Crippen LogP contribution in [0.15, 0.2) is 24.3 Å². The maximum absolute atomic E-state index is 12.9. The van der Waals surface area contributed by atoms with Crippen molar-refractivity contribution in [1.82, 2.24) is 10.2 Å². The van der Waals surface area contributed by atoms with Gasteiger partial charge >= 0.3 is 0 Å². The van der Waals surface area contributed by atoms with Gasteiger partial charge in [0.1, 0.15) is 5.82 Å². The first-order chi connectivity index (χ1) is 9.11. The van der Waals surface area contributed by atoms with E-state index < -0.39 is 0 Å². The Morgan fingerprint density at radius 2 is 2.05 bits per heavy atom. The summed E-state index contributed by atoms with van der Waals surface area (Å²) in [4.78, 5) is 2.53. The van der Waals surface area contributed by atoms with E-state index in [0.29, 0.717) is 0 Å². The van der Waals surface area contributed by atoms with Crippen molar-refractivity contribution in [2.24, 2.45) is 0 Å². The number of benzene rings is 1. The molecule has 1 aromatic carbocycles. The van der Waals surface area contributed by atoms with Crippen LogP contribution in [0.4, 0.5) is 4.39 Å². The maximum atomic E-state index is 12.9. The molecular weight excluding hydrogens is 239 g/mol. The summed E-state index contributed by atoms with van der Waals surface area (Å²) in [7, 11) is 0. The number of rotatable bonds is 4. The van der Waals surface area contributed by atoms with Crippen LogP contribution in [0.1, 0.15) is 32.3 Å². The second-order valence-electron chi connectivity index (χ2n) is 5.85. The van der Waals surface area contributed by atoms with Crippen LogP contribution in [0.25, 0.3) is 0 Å². The molecule has 0 bridgehead atoms. The van der Waals surface area contributed by atoms with E-state index in [1.165, 1.54) is 12.0 Å². The molecule has 1 fully saturated rings. The molecule has 0 saturated carbocycles. The third-order valence-electron chi connectivity index (χ3n) is 4.19. The third-order valence-corrected chi connectivity index (χ3v) is 4.19. The number of hydrogen-bond donors (Lipinski definition) is 1. The van der Waals surface area contributed by atoms with Gasteiger partial charge in [-0.25, -0.2) is 4.39 Å². The molecule has 1 heterocycles. The fourth-order valence-corrected chi connectivity index (χ4v) is 2.69. The molecule has 3 heteroatoms. The number of hydrogen-bond acceptors (Lipinski definition) is 2. The second-order valence-corrected chi connectivity index (χ2v) is 5.85. The zero-order chi connectivity index (χ0) is 13.7. The number of halogens is 1. The van der Waals surface area contributed by atoms with Crippen molar-refractivity contribution >= 4 is 0 Å². The van der Waals surface area contributed by atoms with E-state index in [1.807, 2.05) is 12.1 Å². The fourth-order valence-electron chi connectivity index (χ4n) is 2.69. The predicted octanol–water partition coefficient (Wildman–Crippen LogP) is 2.83. The average Bonchev–Trinajstić information content (AvgIpc) is 2.61. The monoisotopic (exact) mass is 264 g/mol. The van der Waals surface area contributed by atoms with E-state index in [1.54, 1.807) is 12.1 Å². The molecule has 19 heavy (non-hydrogen) atoms. The summed E-state index contributed by atoms with van der Waals surface area (Å²) in [6.07, 6.45) is 3.36. The molecule has 0 spiro atoms. The lowest BCUT2D eigenvalue weighted by molar-refractivity contribution is 0.217. The van der Waals surface area contributed by atoms with E-state index in [4.69, 9.17) is 0 Å². The van der Waals surface area contributed by atoms with Crippen molar-refractivity contribution < 1.29 is 4.39 Å². The zero-order valence-electron chi connectivity index (χ0n) is 12.1. The minimum absolute atomic E-state index is 0.152. The maximum Gasteiger partial charge on any atom is 0.123 e. The second kappa shape index (κ2) is 6.49. The van der Waals surface area contributed by atoms with Crippen LogP contribution in [-0.4, -0.2) is 36.6 Å². The van der Waals surface area contributed by atoms with Gasteiger partial charge in [-0.05, 0) is 57.0 Å². The van der Waals surface area contributed by atoms with E-state index in [9.17, 15) is 4.39 Å². The van der Waals surface area contributed by atoms with E-state index in [0.717, 1.165) is 39.0 Å². The van der Waals surface area contributed by atoms with Gasteiger partial charge in [-0.2, -0.15) is 0 Å². The molecule has 2 rings (SSSR count). The van der Waals surface area contributed by atoms with Crippen LogP contribution in [0.5, 0.6) is 0 Å². The lowest BCUT2D eigenvalue weighted by atomic mass is 9.98. The van der Waals surface area contributed by atoms with Gasteiger partial charge < -0.3 is 10.2 Å². The Morgan fingerprint density at radius 3 is 2.74 bits per heavy atom. The van der Waals surface area contributed by atoms with Crippen LogP contribution in [-0.2, 0) is 6.42 Å². The van der Waals surface area contributed by atoms with Gasteiger partial charge in [0.25, 0.3) is 0 Å². The summed E-state index contributed by atoms with van der Waals surface area (Å²) >= 11 is 0. The van der Waals surface area contributed by atoms with E-state index in [-0.39, 0.29) is 11.4 Å². The Labute approximate surface area is 116 Å². The van der Waals surface area contributed by atoms with Gasteiger partial charge in [-0.15, -0.1) is 0 Å². The zero-order valence-corrected chi connectivity index (χ0v) is 12.1. The standard InChI is InChI=1S/C16H25FN2/c1-3-16(2)13-19(11-4-10-18-16)12-9-14-5-7-15(17)8-6-14/h5-8,18H,3-4,9-13H2,1-2H3. The van der Waals surface area contributed by atoms with Crippen LogP contribution in [0, 0.1) is 5.82 Å². The predicted molar refractivity (Wildman–Crippen MR) is 77.9 cm³/mol. The van der Waals surface area contributed by atoms with Gasteiger partial charge in [0.15, 0.2) is 0 Å². The van der Waals surface area contributed by atoms with Gasteiger partial charge in [-0.3, -0.25) is 0 Å². The Bertz CT molecular complexity index is 390. The lowest BCUT2D eigenvalue weighted by Gasteiger charge is -2.32. The SMILES string of the molecule is CCC1(C)CN(CCc2ccc(F)cc2)CCCN1. The number of nitrogens with zero attached hydrogens (tertiary/aromatic N) is 1. The molecule has 106 valence electrons. The summed E-state index contributed by atoms with van der Waals surface area (Å²) < 4.78 is 12.9. The van der Waals surface area contributed by atoms with Crippen LogP contribution in [0.2, 0.25) is 0 Å². The highest BCUT2D eigenvalue weighted by molar-refractivity contribution is 5.16. The summed E-state index contributed by atoms with van der Waals surface area (Å²) in [5, 5.41) is 3.65. The molecule has 1 unspecified atom stereocenters. The lowest BCUT2D eigenvalue weighted by Crippen LogP contribution is -2.48.